The number of rotatable bonds is 10. The van der Waals surface area contributed by atoms with Crippen LogP contribution >= 0.6 is 0 Å². The number of anilines is 1. The van der Waals surface area contributed by atoms with E-state index in [1.54, 1.807) is 7.11 Å². The number of nitrogen functional groups attached to an aromatic ring is 1. The third-order valence-corrected chi connectivity index (χ3v) is 3.13. The fourth-order valence-corrected chi connectivity index (χ4v) is 2.00. The van der Waals surface area contributed by atoms with Gasteiger partial charge in [-0.2, -0.15) is 0 Å². The number of aromatic nitrogens is 2. The molecule has 0 saturated carbocycles. The van der Waals surface area contributed by atoms with E-state index in [0.717, 1.165) is 18.7 Å². The van der Waals surface area contributed by atoms with Crippen molar-refractivity contribution in [3.8, 4) is 0 Å². The molecule has 1 aromatic rings. The van der Waals surface area contributed by atoms with Crippen molar-refractivity contribution in [2.24, 2.45) is 0 Å². The Labute approximate surface area is 125 Å². The second-order valence-electron chi connectivity index (χ2n) is 4.57. The molecular weight excluding hydrogens is 274 g/mol. The van der Waals surface area contributed by atoms with Gasteiger partial charge in [0.15, 0.2) is 5.69 Å². The van der Waals surface area contributed by atoms with Crippen molar-refractivity contribution in [1.29, 1.82) is 0 Å². The maximum absolute atomic E-state index is 11.6. The standard InChI is InChI=1S/C14H25N3O4/c1-4-11-16-12(14(18)20-3)13(15)17(11)7-5-6-8-21-10-9-19-2/h4-10,15H2,1-3H3. The summed E-state index contributed by atoms with van der Waals surface area (Å²) in [4.78, 5) is 15.8. The first-order chi connectivity index (χ1) is 10.2. The number of carbonyl (C=O) groups is 1. The second-order valence-corrected chi connectivity index (χ2v) is 4.57. The Hall–Kier alpha value is -1.60. The maximum Gasteiger partial charge on any atom is 0.360 e. The van der Waals surface area contributed by atoms with E-state index in [1.165, 1.54) is 7.11 Å². The van der Waals surface area contributed by atoms with Crippen LogP contribution in [0.3, 0.4) is 0 Å². The molecule has 0 aliphatic rings. The molecule has 0 amide bonds. The van der Waals surface area contributed by atoms with Crippen LogP contribution in [-0.4, -0.2) is 49.6 Å². The normalized spacial score (nSPS) is 10.8. The first-order valence-electron chi connectivity index (χ1n) is 7.15. The van der Waals surface area contributed by atoms with Crippen LogP contribution in [0.15, 0.2) is 0 Å². The lowest BCUT2D eigenvalue weighted by molar-refractivity contribution is 0.0595. The summed E-state index contributed by atoms with van der Waals surface area (Å²) in [6.07, 6.45) is 2.53. The van der Waals surface area contributed by atoms with Gasteiger partial charge >= 0.3 is 5.97 Å². The Balaban J connectivity index is 2.50. The SMILES string of the molecule is CCc1nc(C(=O)OC)c(N)n1CCCCOCCOC. The lowest BCUT2D eigenvalue weighted by Gasteiger charge is -2.09. The molecule has 1 rings (SSSR count). The molecule has 0 aromatic carbocycles. The molecule has 7 nitrogen and oxygen atoms in total. The number of nitrogens with two attached hydrogens (primary N) is 1. The molecule has 0 unspecified atom stereocenters. The highest BCUT2D eigenvalue weighted by atomic mass is 16.5. The maximum atomic E-state index is 11.6. The third-order valence-electron chi connectivity index (χ3n) is 3.13. The van der Waals surface area contributed by atoms with E-state index in [4.69, 9.17) is 15.2 Å². The highest BCUT2D eigenvalue weighted by molar-refractivity contribution is 5.92. The Bertz CT molecular complexity index is 446. The number of methoxy groups -OCH3 is 2. The molecule has 0 fully saturated rings. The molecule has 0 aliphatic heterocycles. The van der Waals surface area contributed by atoms with Crippen LogP contribution in [0, 0.1) is 0 Å². The van der Waals surface area contributed by atoms with E-state index in [2.05, 4.69) is 9.72 Å². The Morgan fingerprint density at radius 3 is 2.62 bits per heavy atom. The first-order valence-corrected chi connectivity index (χ1v) is 7.15. The summed E-state index contributed by atoms with van der Waals surface area (Å²) in [6.45, 7) is 4.59. The average molecular weight is 299 g/mol. The summed E-state index contributed by atoms with van der Waals surface area (Å²) in [5, 5.41) is 0. The first kappa shape index (κ1) is 17.5. The van der Waals surface area contributed by atoms with Crippen LogP contribution in [0.1, 0.15) is 36.1 Å². The fourth-order valence-electron chi connectivity index (χ4n) is 2.00. The number of esters is 1. The van der Waals surface area contributed by atoms with Gasteiger partial charge in [-0.3, -0.25) is 0 Å². The molecule has 0 atom stereocenters. The summed E-state index contributed by atoms with van der Waals surface area (Å²) in [5.74, 6) is 0.677. The van der Waals surface area contributed by atoms with E-state index >= 15 is 0 Å². The third kappa shape index (κ3) is 5.02. The summed E-state index contributed by atoms with van der Waals surface area (Å²) in [6, 6.07) is 0. The molecule has 0 saturated heterocycles. The minimum atomic E-state index is -0.496. The molecule has 0 bridgehead atoms. The van der Waals surface area contributed by atoms with Crippen molar-refractivity contribution in [2.45, 2.75) is 32.7 Å². The number of carbonyl (C=O) groups excluding carboxylic acids is 1. The molecule has 7 heteroatoms. The van der Waals surface area contributed by atoms with Gasteiger partial charge < -0.3 is 24.5 Å². The van der Waals surface area contributed by atoms with Crippen molar-refractivity contribution >= 4 is 11.8 Å². The molecule has 0 aliphatic carbocycles. The second kappa shape index (κ2) is 9.36. The fraction of sp³-hybridized carbons (Fsp3) is 0.714. The smallest absolute Gasteiger partial charge is 0.360 e. The van der Waals surface area contributed by atoms with Gasteiger partial charge in [-0.15, -0.1) is 0 Å². The van der Waals surface area contributed by atoms with Crippen molar-refractivity contribution < 1.29 is 19.0 Å². The zero-order valence-corrected chi connectivity index (χ0v) is 13.1. The number of unbranched alkanes of at least 4 members (excludes halogenated alkanes) is 1. The quantitative estimate of drug-likeness (QED) is 0.517. The van der Waals surface area contributed by atoms with Gasteiger partial charge in [-0.25, -0.2) is 9.78 Å². The van der Waals surface area contributed by atoms with E-state index in [-0.39, 0.29) is 5.69 Å². The molecule has 0 spiro atoms. The molecule has 1 heterocycles. The zero-order valence-electron chi connectivity index (χ0n) is 13.1. The zero-order chi connectivity index (χ0) is 15.7. The van der Waals surface area contributed by atoms with E-state index in [0.29, 0.717) is 38.6 Å². The van der Waals surface area contributed by atoms with Crippen molar-refractivity contribution in [3.63, 3.8) is 0 Å². The summed E-state index contributed by atoms with van der Waals surface area (Å²) < 4.78 is 16.9. The topological polar surface area (TPSA) is 88.6 Å². The summed E-state index contributed by atoms with van der Waals surface area (Å²) >= 11 is 0. The summed E-state index contributed by atoms with van der Waals surface area (Å²) in [5.41, 5.74) is 6.19. The van der Waals surface area contributed by atoms with Crippen LogP contribution in [0.25, 0.3) is 0 Å². The highest BCUT2D eigenvalue weighted by Crippen LogP contribution is 2.17. The van der Waals surface area contributed by atoms with E-state index in [9.17, 15) is 4.79 Å². The number of imidazole rings is 1. The van der Waals surface area contributed by atoms with E-state index < -0.39 is 5.97 Å². The highest BCUT2D eigenvalue weighted by Gasteiger charge is 2.19. The van der Waals surface area contributed by atoms with Crippen molar-refractivity contribution in [2.75, 3.05) is 39.8 Å². The van der Waals surface area contributed by atoms with Crippen LogP contribution in [0.2, 0.25) is 0 Å². The van der Waals surface area contributed by atoms with Crippen LogP contribution in [-0.2, 0) is 27.2 Å². The molecule has 120 valence electrons. The van der Waals surface area contributed by atoms with Gasteiger partial charge in [0.05, 0.1) is 20.3 Å². The van der Waals surface area contributed by atoms with Gasteiger partial charge in [0, 0.05) is 26.7 Å². The monoisotopic (exact) mass is 299 g/mol. The van der Waals surface area contributed by atoms with Gasteiger partial charge in [-0.05, 0) is 12.8 Å². The van der Waals surface area contributed by atoms with Crippen LogP contribution in [0.5, 0.6) is 0 Å². The number of hydrogen-bond acceptors (Lipinski definition) is 6. The Morgan fingerprint density at radius 1 is 1.24 bits per heavy atom. The molecule has 21 heavy (non-hydrogen) atoms. The number of aryl methyl sites for hydroxylation is 1. The summed E-state index contributed by atoms with van der Waals surface area (Å²) in [7, 11) is 2.97. The lowest BCUT2D eigenvalue weighted by Crippen LogP contribution is -2.10. The van der Waals surface area contributed by atoms with Gasteiger partial charge in [0.2, 0.25) is 0 Å². The van der Waals surface area contributed by atoms with Crippen molar-refractivity contribution in [1.82, 2.24) is 9.55 Å². The minimum Gasteiger partial charge on any atom is -0.464 e. The number of hydrogen-bond donors (Lipinski definition) is 1. The van der Waals surface area contributed by atoms with Gasteiger partial charge in [0.25, 0.3) is 0 Å². The van der Waals surface area contributed by atoms with Gasteiger partial charge in [0.1, 0.15) is 11.6 Å². The predicted molar refractivity (Wildman–Crippen MR) is 79.3 cm³/mol. The Morgan fingerprint density at radius 2 is 2.00 bits per heavy atom. The largest absolute Gasteiger partial charge is 0.464 e. The molecule has 1 aromatic heterocycles. The molecular formula is C14H25N3O4. The minimum absolute atomic E-state index is 0.200. The lowest BCUT2D eigenvalue weighted by atomic mass is 10.3. The average Bonchev–Trinajstić information content (AvgIpc) is 2.82. The number of nitrogens with zero attached hydrogens (tertiary/aromatic N) is 2. The van der Waals surface area contributed by atoms with E-state index in [1.807, 2.05) is 11.5 Å². The predicted octanol–water partition coefficient (Wildman–Crippen LogP) is 1.26. The Kier molecular flexibility index (Phi) is 7.78. The van der Waals surface area contributed by atoms with Crippen LogP contribution in [0.4, 0.5) is 5.82 Å². The molecule has 0 radical (unpaired) electrons. The molecule has 2 N–H and O–H groups in total. The van der Waals surface area contributed by atoms with Gasteiger partial charge in [-0.1, -0.05) is 6.92 Å². The van der Waals surface area contributed by atoms with Crippen LogP contribution < -0.4 is 5.73 Å². The number of ether oxygens (including phenoxy) is 3. The van der Waals surface area contributed by atoms with Crippen molar-refractivity contribution in [3.05, 3.63) is 11.5 Å².